The molecule has 2 aliphatic rings. The summed E-state index contributed by atoms with van der Waals surface area (Å²) in [6.07, 6.45) is 7.62. The standard InChI is InChI=1S/C26H26FN7O3/c27-21-4-1-15(25(35)28-5-6-34-13-19-2-3-20(14-34)37-19)8-23(21)33-26(36)17-7-16-9-22(18-11-30-31-12-18)32-24(16)29-10-17/h1,4,7-12,19-20H,2-3,5-6,13-14H2,(H,28,35)(H,29,32)(H,30,31)(H,33,36). The van der Waals surface area contributed by atoms with E-state index < -0.39 is 11.7 Å². The second-order valence-corrected chi connectivity index (χ2v) is 9.45. The van der Waals surface area contributed by atoms with Crippen molar-refractivity contribution in [3.63, 3.8) is 0 Å². The van der Waals surface area contributed by atoms with Gasteiger partial charge in [0.1, 0.15) is 11.5 Å². The summed E-state index contributed by atoms with van der Waals surface area (Å²) in [7, 11) is 0. The number of pyridine rings is 1. The van der Waals surface area contributed by atoms with Crippen molar-refractivity contribution in [3.8, 4) is 11.3 Å². The van der Waals surface area contributed by atoms with Crippen molar-refractivity contribution >= 4 is 28.5 Å². The van der Waals surface area contributed by atoms with Crippen LogP contribution in [-0.2, 0) is 4.74 Å². The first-order valence-corrected chi connectivity index (χ1v) is 12.3. The van der Waals surface area contributed by atoms with Gasteiger partial charge in [-0.1, -0.05) is 0 Å². The van der Waals surface area contributed by atoms with Crippen molar-refractivity contribution in [2.75, 3.05) is 31.5 Å². The Kier molecular flexibility index (Phi) is 6.15. The zero-order valence-electron chi connectivity index (χ0n) is 20.0. The maximum Gasteiger partial charge on any atom is 0.257 e. The number of halogens is 1. The minimum absolute atomic E-state index is 0.0735. The lowest BCUT2D eigenvalue weighted by Gasteiger charge is -2.31. The number of nitrogens with one attached hydrogen (secondary N) is 4. The smallest absolute Gasteiger partial charge is 0.257 e. The highest BCUT2D eigenvalue weighted by atomic mass is 19.1. The van der Waals surface area contributed by atoms with Crippen LogP contribution in [-0.4, -0.2) is 75.3 Å². The largest absolute Gasteiger partial charge is 0.372 e. The SMILES string of the molecule is O=C(NCCN1CC2CCC(C1)O2)c1ccc(F)c(NC(=O)c2cnc3[nH]c(-c4cn[nH]c4)cc3c2)c1. The van der Waals surface area contributed by atoms with Gasteiger partial charge < -0.3 is 20.4 Å². The van der Waals surface area contributed by atoms with E-state index in [-0.39, 0.29) is 22.7 Å². The minimum atomic E-state index is -0.633. The Morgan fingerprint density at radius 2 is 1.92 bits per heavy atom. The third-order valence-electron chi connectivity index (χ3n) is 6.85. The van der Waals surface area contributed by atoms with Gasteiger partial charge in [0.2, 0.25) is 0 Å². The molecule has 10 nitrogen and oxygen atoms in total. The number of hydrogen-bond acceptors (Lipinski definition) is 6. The lowest BCUT2D eigenvalue weighted by Crippen LogP contribution is -2.45. The fourth-order valence-electron chi connectivity index (χ4n) is 4.96. The summed E-state index contributed by atoms with van der Waals surface area (Å²) < 4.78 is 20.3. The van der Waals surface area contributed by atoms with Crippen molar-refractivity contribution < 1.29 is 18.7 Å². The molecule has 2 fully saturated rings. The van der Waals surface area contributed by atoms with E-state index in [0.29, 0.717) is 24.4 Å². The number of hydrogen-bond donors (Lipinski definition) is 4. The molecule has 4 N–H and O–H groups in total. The first-order valence-electron chi connectivity index (χ1n) is 12.3. The molecule has 2 bridgehead atoms. The minimum Gasteiger partial charge on any atom is -0.372 e. The molecular weight excluding hydrogens is 477 g/mol. The second-order valence-electron chi connectivity index (χ2n) is 9.45. The van der Waals surface area contributed by atoms with Crippen molar-refractivity contribution in [2.24, 2.45) is 0 Å². The van der Waals surface area contributed by atoms with Crippen LogP contribution >= 0.6 is 0 Å². The summed E-state index contributed by atoms with van der Waals surface area (Å²) in [4.78, 5) is 35.3. The molecule has 2 aliphatic heterocycles. The Balaban J connectivity index is 1.09. The fourth-order valence-corrected chi connectivity index (χ4v) is 4.96. The maximum absolute atomic E-state index is 14.5. The lowest BCUT2D eigenvalue weighted by molar-refractivity contribution is -0.0375. The Morgan fingerprint density at radius 1 is 1.08 bits per heavy atom. The molecule has 2 unspecified atom stereocenters. The van der Waals surface area contributed by atoms with Crippen molar-refractivity contribution in [1.29, 1.82) is 0 Å². The molecular formula is C26H26FN7O3. The monoisotopic (exact) mass is 503 g/mol. The van der Waals surface area contributed by atoms with Gasteiger partial charge in [-0.05, 0) is 43.2 Å². The van der Waals surface area contributed by atoms with Gasteiger partial charge in [-0.2, -0.15) is 5.10 Å². The number of benzene rings is 1. The van der Waals surface area contributed by atoms with Gasteiger partial charge in [0, 0.05) is 55.1 Å². The van der Waals surface area contributed by atoms with E-state index in [2.05, 4.69) is 35.7 Å². The van der Waals surface area contributed by atoms with Gasteiger partial charge in [0.25, 0.3) is 11.8 Å². The van der Waals surface area contributed by atoms with Crippen LogP contribution in [0, 0.1) is 5.82 Å². The quantitative estimate of drug-likeness (QED) is 0.307. The highest BCUT2D eigenvalue weighted by Gasteiger charge is 2.33. The molecule has 4 aromatic rings. The molecule has 2 amide bonds. The molecule has 0 saturated carbocycles. The number of ether oxygens (including phenoxy) is 1. The molecule has 0 aliphatic carbocycles. The van der Waals surface area contributed by atoms with E-state index >= 15 is 0 Å². The first kappa shape index (κ1) is 23.3. The zero-order valence-corrected chi connectivity index (χ0v) is 20.0. The van der Waals surface area contributed by atoms with Crippen molar-refractivity contribution in [2.45, 2.75) is 25.0 Å². The molecule has 5 heterocycles. The van der Waals surface area contributed by atoms with Crippen LogP contribution < -0.4 is 10.6 Å². The summed E-state index contributed by atoms with van der Waals surface area (Å²) in [6, 6.07) is 7.45. The van der Waals surface area contributed by atoms with Crippen LogP contribution in [0.2, 0.25) is 0 Å². The van der Waals surface area contributed by atoms with E-state index in [1.807, 2.05) is 6.07 Å². The van der Waals surface area contributed by atoms with Gasteiger partial charge in [-0.25, -0.2) is 9.37 Å². The van der Waals surface area contributed by atoms with E-state index in [0.717, 1.165) is 49.1 Å². The van der Waals surface area contributed by atoms with E-state index in [4.69, 9.17) is 4.74 Å². The molecule has 6 rings (SSSR count). The number of fused-ring (bicyclic) bond motifs is 3. The molecule has 2 saturated heterocycles. The fraction of sp³-hybridized carbons (Fsp3) is 0.308. The number of aromatic amines is 2. The van der Waals surface area contributed by atoms with Crippen LogP contribution in [0.5, 0.6) is 0 Å². The number of H-pyrrole nitrogens is 2. The van der Waals surface area contributed by atoms with Gasteiger partial charge in [0.15, 0.2) is 0 Å². The average molecular weight is 504 g/mol. The van der Waals surface area contributed by atoms with E-state index in [9.17, 15) is 14.0 Å². The molecule has 37 heavy (non-hydrogen) atoms. The second kappa shape index (κ2) is 9.75. The normalized spacial score (nSPS) is 19.3. The topological polar surface area (TPSA) is 128 Å². The summed E-state index contributed by atoms with van der Waals surface area (Å²) in [6.45, 7) is 2.96. The summed E-state index contributed by atoms with van der Waals surface area (Å²) >= 11 is 0. The first-order chi connectivity index (χ1) is 18.0. The van der Waals surface area contributed by atoms with E-state index in [1.165, 1.54) is 24.4 Å². The van der Waals surface area contributed by atoms with Crippen molar-refractivity contribution in [1.82, 2.24) is 30.4 Å². The van der Waals surface area contributed by atoms with Crippen LogP contribution in [0.3, 0.4) is 0 Å². The number of morpholine rings is 1. The molecule has 2 atom stereocenters. The summed E-state index contributed by atoms with van der Waals surface area (Å²) in [5.41, 5.74) is 2.73. The van der Waals surface area contributed by atoms with Crippen LogP contribution in [0.4, 0.5) is 10.1 Å². The van der Waals surface area contributed by atoms with Gasteiger partial charge in [-0.3, -0.25) is 19.6 Å². The van der Waals surface area contributed by atoms with Crippen molar-refractivity contribution in [3.05, 3.63) is 65.9 Å². The van der Waals surface area contributed by atoms with Crippen LogP contribution in [0.25, 0.3) is 22.3 Å². The molecule has 1 aromatic carbocycles. The maximum atomic E-state index is 14.5. The zero-order chi connectivity index (χ0) is 25.4. The molecule has 3 aromatic heterocycles. The Bertz CT molecular complexity index is 1440. The predicted octanol–water partition coefficient (Wildman–Crippen LogP) is 2.94. The van der Waals surface area contributed by atoms with Gasteiger partial charge in [-0.15, -0.1) is 0 Å². The summed E-state index contributed by atoms with van der Waals surface area (Å²) in [5.74, 6) is -1.49. The van der Waals surface area contributed by atoms with E-state index in [1.54, 1.807) is 18.5 Å². The Labute approximate surface area is 211 Å². The number of carbonyl (C=O) groups is 2. The molecule has 11 heteroatoms. The highest BCUT2D eigenvalue weighted by molar-refractivity contribution is 6.06. The van der Waals surface area contributed by atoms with Gasteiger partial charge in [0.05, 0.1) is 35.3 Å². The molecule has 0 radical (unpaired) electrons. The Morgan fingerprint density at radius 3 is 2.70 bits per heavy atom. The highest BCUT2D eigenvalue weighted by Crippen LogP contribution is 2.26. The van der Waals surface area contributed by atoms with Crippen LogP contribution in [0.15, 0.2) is 48.9 Å². The van der Waals surface area contributed by atoms with Gasteiger partial charge >= 0.3 is 0 Å². The van der Waals surface area contributed by atoms with Crippen LogP contribution in [0.1, 0.15) is 33.6 Å². The molecule has 190 valence electrons. The lowest BCUT2D eigenvalue weighted by atomic mass is 10.1. The Hall–Kier alpha value is -4.09. The average Bonchev–Trinajstić information content (AvgIpc) is 3.64. The number of anilines is 1. The number of nitrogens with zero attached hydrogens (tertiary/aromatic N) is 3. The third-order valence-corrected chi connectivity index (χ3v) is 6.85. The number of likely N-dealkylation sites (tertiary alicyclic amines) is 1. The summed E-state index contributed by atoms with van der Waals surface area (Å²) in [5, 5.41) is 12.9. The predicted molar refractivity (Wildman–Crippen MR) is 135 cm³/mol. The number of carbonyl (C=O) groups excluding carboxylic acids is 2. The number of rotatable bonds is 7. The number of amides is 2. The third kappa shape index (κ3) is 4.95. The number of aromatic nitrogens is 4. The molecule has 0 spiro atoms.